The Bertz CT molecular complexity index is 607. The zero-order chi connectivity index (χ0) is 14.7. The van der Waals surface area contributed by atoms with Gasteiger partial charge in [0, 0.05) is 38.6 Å². The molecule has 0 amide bonds. The first-order chi connectivity index (χ1) is 10.2. The summed E-state index contributed by atoms with van der Waals surface area (Å²) in [4.78, 5) is 17.7. The number of nitrogens with two attached hydrogens (primary N) is 1. The molecule has 0 aromatic carbocycles. The largest absolute Gasteiger partial charge is 0.388 e. The Morgan fingerprint density at radius 2 is 1.67 bits per heavy atom. The fourth-order valence-corrected chi connectivity index (χ4v) is 2.46. The number of hydrogen-bond donors (Lipinski definition) is 1. The zero-order valence-electron chi connectivity index (χ0n) is 11.5. The molecule has 1 aliphatic rings. The first-order valence-corrected chi connectivity index (χ1v) is 7.17. The zero-order valence-corrected chi connectivity index (χ0v) is 12.3. The van der Waals surface area contributed by atoms with Crippen molar-refractivity contribution in [2.45, 2.75) is 0 Å². The summed E-state index contributed by atoms with van der Waals surface area (Å²) in [5, 5.41) is 0. The molecule has 0 radical (unpaired) electrons. The van der Waals surface area contributed by atoms with Gasteiger partial charge in [0.25, 0.3) is 0 Å². The molecule has 108 valence electrons. The van der Waals surface area contributed by atoms with Gasteiger partial charge in [-0.15, -0.1) is 0 Å². The van der Waals surface area contributed by atoms with Crippen LogP contribution in [0.5, 0.6) is 0 Å². The number of pyridine rings is 1. The second kappa shape index (κ2) is 6.01. The van der Waals surface area contributed by atoms with E-state index in [-0.39, 0.29) is 0 Å². The molecule has 1 aliphatic heterocycles. The van der Waals surface area contributed by atoms with E-state index in [1.54, 1.807) is 12.4 Å². The van der Waals surface area contributed by atoms with Gasteiger partial charge in [0.1, 0.15) is 4.99 Å². The van der Waals surface area contributed by atoms with E-state index in [4.69, 9.17) is 18.0 Å². The van der Waals surface area contributed by atoms with Crippen molar-refractivity contribution in [3.63, 3.8) is 0 Å². The average Bonchev–Trinajstić information content (AvgIpc) is 2.56. The van der Waals surface area contributed by atoms with Gasteiger partial charge in [0.05, 0.1) is 17.6 Å². The molecule has 6 nitrogen and oxygen atoms in total. The molecule has 2 N–H and O–H groups in total. The molecule has 21 heavy (non-hydrogen) atoms. The van der Waals surface area contributed by atoms with Crippen LogP contribution < -0.4 is 15.5 Å². The van der Waals surface area contributed by atoms with Gasteiger partial charge in [-0.1, -0.05) is 12.2 Å². The van der Waals surface area contributed by atoms with Crippen LogP contribution >= 0.6 is 12.2 Å². The number of piperazine rings is 1. The Kier molecular flexibility index (Phi) is 3.92. The molecule has 3 rings (SSSR count). The van der Waals surface area contributed by atoms with E-state index in [2.05, 4.69) is 24.8 Å². The number of thiocarbonyl (C=S) groups is 1. The number of hydrogen-bond acceptors (Lipinski definition) is 6. The molecule has 2 aromatic rings. The minimum absolute atomic E-state index is 0.326. The molecule has 0 saturated carbocycles. The fourth-order valence-electron chi connectivity index (χ4n) is 2.34. The summed E-state index contributed by atoms with van der Waals surface area (Å²) in [5.74, 6) is 0.791. The first-order valence-electron chi connectivity index (χ1n) is 6.77. The molecule has 0 spiro atoms. The smallest absolute Gasteiger partial charge is 0.225 e. The van der Waals surface area contributed by atoms with Gasteiger partial charge in [-0.3, -0.25) is 4.98 Å². The predicted octanol–water partition coefficient (Wildman–Crippen LogP) is 0.832. The summed E-state index contributed by atoms with van der Waals surface area (Å²) >= 11 is 4.91. The lowest BCUT2D eigenvalue weighted by molar-refractivity contribution is 0.639. The molecule has 2 aromatic heterocycles. The van der Waals surface area contributed by atoms with Crippen molar-refractivity contribution in [2.24, 2.45) is 5.73 Å². The van der Waals surface area contributed by atoms with Crippen molar-refractivity contribution in [2.75, 3.05) is 36.0 Å². The van der Waals surface area contributed by atoms with Gasteiger partial charge in [-0.25, -0.2) is 9.97 Å². The molecule has 0 atom stereocenters. The molecule has 1 fully saturated rings. The van der Waals surface area contributed by atoms with Crippen molar-refractivity contribution < 1.29 is 0 Å². The highest BCUT2D eigenvalue weighted by molar-refractivity contribution is 7.80. The maximum absolute atomic E-state index is 5.56. The maximum atomic E-state index is 5.56. The van der Waals surface area contributed by atoms with E-state index < -0.39 is 0 Å². The Morgan fingerprint density at radius 3 is 2.24 bits per heavy atom. The summed E-state index contributed by atoms with van der Waals surface area (Å²) < 4.78 is 0. The van der Waals surface area contributed by atoms with Crippen LogP contribution in [0.1, 0.15) is 5.69 Å². The summed E-state index contributed by atoms with van der Waals surface area (Å²) in [7, 11) is 0. The maximum Gasteiger partial charge on any atom is 0.225 e. The number of aromatic nitrogens is 3. The van der Waals surface area contributed by atoms with Gasteiger partial charge in [0.15, 0.2) is 0 Å². The van der Waals surface area contributed by atoms with Crippen LogP contribution in [0.3, 0.4) is 0 Å². The van der Waals surface area contributed by atoms with Crippen molar-refractivity contribution >= 4 is 28.8 Å². The number of nitrogens with zero attached hydrogens (tertiary/aromatic N) is 5. The summed E-state index contributed by atoms with van der Waals surface area (Å²) in [6.45, 7) is 3.60. The van der Waals surface area contributed by atoms with Crippen molar-refractivity contribution in [3.05, 3.63) is 42.5 Å². The van der Waals surface area contributed by atoms with Crippen molar-refractivity contribution in [1.29, 1.82) is 0 Å². The summed E-state index contributed by atoms with van der Waals surface area (Å²) in [5.41, 5.74) is 7.30. The van der Waals surface area contributed by atoms with Crippen LogP contribution in [0.2, 0.25) is 0 Å². The normalized spacial score (nSPS) is 15.0. The standard InChI is InChI=1S/C14H16N6S/c15-13(21)12-3-2-11(10-18-12)19-6-8-20(9-7-19)14-16-4-1-5-17-14/h1-5,10H,6-9H2,(H2,15,21). The Morgan fingerprint density at radius 1 is 1.00 bits per heavy atom. The highest BCUT2D eigenvalue weighted by Gasteiger charge is 2.19. The lowest BCUT2D eigenvalue weighted by atomic mass is 10.2. The average molecular weight is 300 g/mol. The van der Waals surface area contributed by atoms with Crippen LogP contribution in [0.4, 0.5) is 11.6 Å². The first kappa shape index (κ1) is 13.7. The van der Waals surface area contributed by atoms with Crippen molar-refractivity contribution in [1.82, 2.24) is 15.0 Å². The third-order valence-corrected chi connectivity index (χ3v) is 3.69. The third kappa shape index (κ3) is 3.08. The lowest BCUT2D eigenvalue weighted by Gasteiger charge is -2.35. The molecule has 3 heterocycles. The SMILES string of the molecule is NC(=S)c1ccc(N2CCN(c3ncccn3)CC2)cn1. The van der Waals surface area contributed by atoms with Gasteiger partial charge in [-0.2, -0.15) is 0 Å². The minimum atomic E-state index is 0.326. The van der Waals surface area contributed by atoms with Crippen LogP contribution in [-0.2, 0) is 0 Å². The Labute approximate surface area is 128 Å². The van der Waals surface area contributed by atoms with E-state index in [1.807, 2.05) is 24.4 Å². The highest BCUT2D eigenvalue weighted by Crippen LogP contribution is 2.17. The molecule has 0 unspecified atom stereocenters. The van der Waals surface area contributed by atoms with E-state index in [1.165, 1.54) is 0 Å². The van der Waals surface area contributed by atoms with Crippen molar-refractivity contribution in [3.8, 4) is 0 Å². The van der Waals surface area contributed by atoms with Gasteiger partial charge in [-0.05, 0) is 18.2 Å². The Hall–Kier alpha value is -2.28. The number of rotatable bonds is 3. The molecular formula is C14H16N6S. The highest BCUT2D eigenvalue weighted by atomic mass is 32.1. The van der Waals surface area contributed by atoms with E-state index in [0.717, 1.165) is 37.8 Å². The quantitative estimate of drug-likeness (QED) is 0.842. The second-order valence-electron chi connectivity index (χ2n) is 4.79. The van der Waals surface area contributed by atoms with Crippen LogP contribution in [0.25, 0.3) is 0 Å². The van der Waals surface area contributed by atoms with Gasteiger partial charge < -0.3 is 15.5 Å². The van der Waals surface area contributed by atoms with E-state index >= 15 is 0 Å². The van der Waals surface area contributed by atoms with E-state index in [9.17, 15) is 0 Å². The van der Waals surface area contributed by atoms with Crippen LogP contribution in [-0.4, -0.2) is 46.1 Å². The molecule has 1 saturated heterocycles. The van der Waals surface area contributed by atoms with Crippen LogP contribution in [0.15, 0.2) is 36.8 Å². The minimum Gasteiger partial charge on any atom is -0.388 e. The lowest BCUT2D eigenvalue weighted by Crippen LogP contribution is -2.47. The van der Waals surface area contributed by atoms with Gasteiger partial charge >= 0.3 is 0 Å². The topological polar surface area (TPSA) is 71.2 Å². The molecule has 0 aliphatic carbocycles. The predicted molar refractivity (Wildman–Crippen MR) is 86.6 cm³/mol. The second-order valence-corrected chi connectivity index (χ2v) is 5.23. The summed E-state index contributed by atoms with van der Waals surface area (Å²) in [6, 6.07) is 5.70. The van der Waals surface area contributed by atoms with Gasteiger partial charge in [0.2, 0.25) is 5.95 Å². The van der Waals surface area contributed by atoms with Crippen LogP contribution in [0, 0.1) is 0 Å². The third-order valence-electron chi connectivity index (χ3n) is 3.48. The molecule has 7 heteroatoms. The Balaban J connectivity index is 1.64. The molecule has 0 bridgehead atoms. The fraction of sp³-hybridized carbons (Fsp3) is 0.286. The monoisotopic (exact) mass is 300 g/mol. The molecular weight excluding hydrogens is 284 g/mol. The summed E-state index contributed by atoms with van der Waals surface area (Å²) in [6.07, 6.45) is 5.36. The van der Waals surface area contributed by atoms with E-state index in [0.29, 0.717) is 10.7 Å². The number of anilines is 2.